The zero-order valence-electron chi connectivity index (χ0n) is 13.6. The van der Waals surface area contributed by atoms with Crippen LogP contribution in [0.4, 0.5) is 5.69 Å². The molecule has 0 aromatic heterocycles. The van der Waals surface area contributed by atoms with Gasteiger partial charge in [-0.3, -0.25) is 14.4 Å². The third-order valence-corrected chi connectivity index (χ3v) is 4.38. The summed E-state index contributed by atoms with van der Waals surface area (Å²) in [6.07, 6.45) is 3.46. The lowest BCUT2D eigenvalue weighted by molar-refractivity contribution is -0.135. The summed E-state index contributed by atoms with van der Waals surface area (Å²) in [5.41, 5.74) is 0.596. The Morgan fingerprint density at radius 3 is 2.38 bits per heavy atom. The number of rotatable bonds is 8. The number of ether oxygens (including phenoxy) is 1. The molecule has 1 saturated carbocycles. The molecule has 0 atom stereocenters. The van der Waals surface area contributed by atoms with Crippen molar-refractivity contribution < 1.29 is 24.2 Å². The number of carbonyl (C=O) groups is 3. The van der Waals surface area contributed by atoms with Crippen LogP contribution in [0.3, 0.4) is 0 Å². The van der Waals surface area contributed by atoms with Crippen LogP contribution < -0.4 is 10.6 Å². The largest absolute Gasteiger partial charge is 0.480 e. The number of hydrogen-bond donors (Lipinski definition) is 3. The minimum Gasteiger partial charge on any atom is -0.480 e. The van der Waals surface area contributed by atoms with Crippen LogP contribution in [0.25, 0.3) is 0 Å². The summed E-state index contributed by atoms with van der Waals surface area (Å²) in [7, 11) is 1.62. The molecule has 0 radical (unpaired) electrons. The summed E-state index contributed by atoms with van der Waals surface area (Å²) in [5, 5.41) is 13.7. The van der Waals surface area contributed by atoms with E-state index in [1.807, 2.05) is 0 Å². The number of carbonyl (C=O) groups excluding carboxylic acids is 2. The number of amides is 2. The van der Waals surface area contributed by atoms with E-state index in [9.17, 15) is 14.4 Å². The van der Waals surface area contributed by atoms with Crippen molar-refractivity contribution in [3.05, 3.63) is 29.8 Å². The number of hydrogen-bond acceptors (Lipinski definition) is 4. The highest BCUT2D eigenvalue weighted by molar-refractivity contribution is 5.98. The number of nitrogens with one attached hydrogen (secondary N) is 2. The van der Waals surface area contributed by atoms with Gasteiger partial charge in [0.25, 0.3) is 5.91 Å². The number of carboxylic acids is 1. The molecule has 1 aliphatic carbocycles. The second-order valence-electron chi connectivity index (χ2n) is 5.98. The summed E-state index contributed by atoms with van der Waals surface area (Å²) in [5.74, 6) is -1.59. The molecule has 2 rings (SSSR count). The van der Waals surface area contributed by atoms with Crippen molar-refractivity contribution in [3.63, 3.8) is 0 Å². The van der Waals surface area contributed by atoms with E-state index in [1.165, 1.54) is 0 Å². The minimum atomic E-state index is -1.10. The number of carboxylic acid groups (broad SMARTS) is 1. The van der Waals surface area contributed by atoms with E-state index in [0.29, 0.717) is 24.3 Å². The average Bonchev–Trinajstić information content (AvgIpc) is 2.52. The van der Waals surface area contributed by atoms with Gasteiger partial charge in [0.2, 0.25) is 5.91 Å². The van der Waals surface area contributed by atoms with Crippen molar-refractivity contribution in [3.8, 4) is 0 Å². The lowest BCUT2D eigenvalue weighted by Crippen LogP contribution is -2.42. The first-order valence-corrected chi connectivity index (χ1v) is 7.87. The lowest BCUT2D eigenvalue weighted by Gasteiger charge is -2.40. The molecule has 0 unspecified atom stereocenters. The smallest absolute Gasteiger partial charge is 0.322 e. The molecule has 1 aromatic carbocycles. The van der Waals surface area contributed by atoms with Gasteiger partial charge in [0, 0.05) is 25.0 Å². The first-order valence-electron chi connectivity index (χ1n) is 7.87. The SMILES string of the molecule is COCCC1(C(=O)Nc2ccc(C(=O)NCC(=O)O)cc2)CCC1. The average molecular weight is 334 g/mol. The number of methoxy groups -OCH3 is 1. The number of benzene rings is 1. The molecule has 2 amide bonds. The van der Waals surface area contributed by atoms with Gasteiger partial charge >= 0.3 is 5.97 Å². The lowest BCUT2D eigenvalue weighted by atomic mass is 9.66. The van der Waals surface area contributed by atoms with E-state index in [4.69, 9.17) is 9.84 Å². The molecule has 0 spiro atoms. The van der Waals surface area contributed by atoms with Crippen molar-refractivity contribution in [1.82, 2.24) is 5.32 Å². The van der Waals surface area contributed by atoms with Crippen LogP contribution in [0.5, 0.6) is 0 Å². The van der Waals surface area contributed by atoms with Crippen molar-refractivity contribution in [2.45, 2.75) is 25.7 Å². The molecule has 24 heavy (non-hydrogen) atoms. The van der Waals surface area contributed by atoms with E-state index < -0.39 is 18.4 Å². The van der Waals surface area contributed by atoms with Crippen molar-refractivity contribution in [1.29, 1.82) is 0 Å². The van der Waals surface area contributed by atoms with Crippen LogP contribution >= 0.6 is 0 Å². The molecule has 7 heteroatoms. The molecule has 0 aliphatic heterocycles. The van der Waals surface area contributed by atoms with Crippen LogP contribution in [-0.4, -0.2) is 43.2 Å². The first kappa shape index (κ1) is 17.9. The predicted octanol–water partition coefficient (Wildman–Crippen LogP) is 1.65. The fourth-order valence-electron chi connectivity index (χ4n) is 2.72. The summed E-state index contributed by atoms with van der Waals surface area (Å²) in [6, 6.07) is 6.37. The normalized spacial score (nSPS) is 15.2. The van der Waals surface area contributed by atoms with Gasteiger partial charge in [0.15, 0.2) is 0 Å². The summed E-state index contributed by atoms with van der Waals surface area (Å²) < 4.78 is 5.09. The maximum atomic E-state index is 12.5. The Morgan fingerprint density at radius 2 is 1.88 bits per heavy atom. The molecular weight excluding hydrogens is 312 g/mol. The highest BCUT2D eigenvalue weighted by atomic mass is 16.5. The molecule has 0 saturated heterocycles. The Labute approximate surface area is 140 Å². The van der Waals surface area contributed by atoms with Crippen LogP contribution in [0.1, 0.15) is 36.0 Å². The molecular formula is C17H22N2O5. The van der Waals surface area contributed by atoms with Gasteiger partial charge in [0.05, 0.1) is 5.41 Å². The molecule has 1 fully saturated rings. The minimum absolute atomic E-state index is 0.0196. The molecule has 0 bridgehead atoms. The van der Waals surface area contributed by atoms with Gasteiger partial charge in [-0.05, 0) is 43.5 Å². The quantitative estimate of drug-likeness (QED) is 0.670. The third-order valence-electron chi connectivity index (χ3n) is 4.38. The zero-order chi connectivity index (χ0) is 17.6. The summed E-state index contributed by atoms with van der Waals surface area (Å²) in [6.45, 7) is 0.120. The molecule has 1 aliphatic rings. The van der Waals surface area contributed by atoms with E-state index in [0.717, 1.165) is 19.3 Å². The maximum absolute atomic E-state index is 12.5. The molecule has 1 aromatic rings. The Balaban J connectivity index is 1.94. The number of aliphatic carboxylic acids is 1. The Morgan fingerprint density at radius 1 is 1.21 bits per heavy atom. The Hall–Kier alpha value is -2.41. The topological polar surface area (TPSA) is 105 Å². The summed E-state index contributed by atoms with van der Waals surface area (Å²) in [4.78, 5) is 34.7. The molecule has 3 N–H and O–H groups in total. The Bertz CT molecular complexity index is 608. The van der Waals surface area contributed by atoms with E-state index in [2.05, 4.69) is 10.6 Å². The van der Waals surface area contributed by atoms with Crippen LogP contribution in [0, 0.1) is 5.41 Å². The molecule has 7 nitrogen and oxygen atoms in total. The fourth-order valence-corrected chi connectivity index (χ4v) is 2.72. The van der Waals surface area contributed by atoms with Gasteiger partial charge in [-0.2, -0.15) is 0 Å². The van der Waals surface area contributed by atoms with Gasteiger partial charge in [-0.15, -0.1) is 0 Å². The highest BCUT2D eigenvalue weighted by Crippen LogP contribution is 2.44. The Kier molecular flexibility index (Phi) is 5.92. The molecule has 0 heterocycles. The van der Waals surface area contributed by atoms with E-state index >= 15 is 0 Å². The second-order valence-corrected chi connectivity index (χ2v) is 5.98. The maximum Gasteiger partial charge on any atom is 0.322 e. The van der Waals surface area contributed by atoms with Gasteiger partial charge in [0.1, 0.15) is 6.54 Å². The van der Waals surface area contributed by atoms with Crippen LogP contribution in [0.2, 0.25) is 0 Å². The zero-order valence-corrected chi connectivity index (χ0v) is 13.6. The first-order chi connectivity index (χ1) is 11.5. The van der Waals surface area contributed by atoms with Crippen molar-refractivity contribution in [2.75, 3.05) is 25.6 Å². The van der Waals surface area contributed by atoms with Gasteiger partial charge < -0.3 is 20.5 Å². The van der Waals surface area contributed by atoms with Crippen molar-refractivity contribution >= 4 is 23.5 Å². The standard InChI is InChI=1S/C17H22N2O5/c1-24-10-9-17(7-2-8-17)16(23)19-13-5-3-12(4-6-13)15(22)18-11-14(20)21/h3-6H,2,7-11H2,1H3,(H,18,22)(H,19,23)(H,20,21). The van der Waals surface area contributed by atoms with E-state index in [-0.39, 0.29) is 11.3 Å². The van der Waals surface area contributed by atoms with Crippen LogP contribution in [-0.2, 0) is 14.3 Å². The van der Waals surface area contributed by atoms with Crippen molar-refractivity contribution in [2.24, 2.45) is 5.41 Å². The van der Waals surface area contributed by atoms with E-state index in [1.54, 1.807) is 31.4 Å². The number of anilines is 1. The molecule has 130 valence electrons. The van der Waals surface area contributed by atoms with Crippen LogP contribution in [0.15, 0.2) is 24.3 Å². The summed E-state index contributed by atoms with van der Waals surface area (Å²) >= 11 is 0. The predicted molar refractivity (Wildman–Crippen MR) is 87.8 cm³/mol. The third kappa shape index (κ3) is 4.32. The van der Waals surface area contributed by atoms with Gasteiger partial charge in [-0.25, -0.2) is 0 Å². The highest BCUT2D eigenvalue weighted by Gasteiger charge is 2.43. The van der Waals surface area contributed by atoms with Gasteiger partial charge in [-0.1, -0.05) is 6.42 Å². The fraction of sp³-hybridized carbons (Fsp3) is 0.471. The second kappa shape index (κ2) is 7.92. The monoisotopic (exact) mass is 334 g/mol.